The number of oxazole rings is 1. The summed E-state index contributed by atoms with van der Waals surface area (Å²) in [7, 11) is 0. The Morgan fingerprint density at radius 2 is 1.82 bits per heavy atom. The number of aromatic nitrogens is 2. The average Bonchev–Trinajstić information content (AvgIpc) is 3.50. The maximum absolute atomic E-state index is 12.6. The van der Waals surface area contributed by atoms with Crippen molar-refractivity contribution in [2.24, 2.45) is 10.2 Å². The Kier molecular flexibility index (Phi) is 5.91. The van der Waals surface area contributed by atoms with Gasteiger partial charge in [-0.1, -0.05) is 54.1 Å². The molecule has 0 unspecified atom stereocenters. The van der Waals surface area contributed by atoms with Gasteiger partial charge in [-0.05, 0) is 29.8 Å². The number of Topliss-reactive ketones (excluding diaryl/α,β-unsaturated/α-hetero) is 1. The van der Waals surface area contributed by atoms with E-state index in [2.05, 4.69) is 15.2 Å². The van der Waals surface area contributed by atoms with Gasteiger partial charge in [-0.3, -0.25) is 9.78 Å². The van der Waals surface area contributed by atoms with Gasteiger partial charge in [-0.25, -0.2) is 4.98 Å². The van der Waals surface area contributed by atoms with Crippen LogP contribution in [-0.2, 0) is 17.6 Å². The maximum Gasteiger partial charge on any atom is 0.227 e. The lowest BCUT2D eigenvalue weighted by atomic mass is 10.0. The van der Waals surface area contributed by atoms with Crippen molar-refractivity contribution in [3.63, 3.8) is 0 Å². The minimum Gasteiger partial charge on any atom is -0.435 e. The number of carbonyl (C=O) groups is 1. The fraction of sp³-hybridized carbons (Fsp3) is 0.115. The third-order valence-electron chi connectivity index (χ3n) is 5.25. The molecule has 0 spiro atoms. The highest BCUT2D eigenvalue weighted by Gasteiger charge is 2.23. The standard InChI is InChI=1S/C26H19ClN4O2/c27-22-9-5-4-8-21(22)25-24(23-11-13-29-31-23)30-26(33-25)18-10-12-28-19(15-18)16-20(32)14-17-6-2-1-3-7-17/h1-10,12-13,15H,11,14,16H2. The van der Waals surface area contributed by atoms with Gasteiger partial charge >= 0.3 is 0 Å². The summed E-state index contributed by atoms with van der Waals surface area (Å²) in [6, 6.07) is 20.8. The first kappa shape index (κ1) is 21.0. The van der Waals surface area contributed by atoms with Crippen molar-refractivity contribution in [2.75, 3.05) is 0 Å². The van der Waals surface area contributed by atoms with Crippen LogP contribution in [0.1, 0.15) is 23.4 Å². The molecule has 0 N–H and O–H groups in total. The van der Waals surface area contributed by atoms with Crippen LogP contribution in [-0.4, -0.2) is 27.7 Å². The van der Waals surface area contributed by atoms with Gasteiger partial charge in [0.05, 0.1) is 10.7 Å². The van der Waals surface area contributed by atoms with Crippen LogP contribution in [0.15, 0.2) is 87.5 Å². The summed E-state index contributed by atoms with van der Waals surface area (Å²) in [5, 5.41) is 8.71. The zero-order chi connectivity index (χ0) is 22.6. The van der Waals surface area contributed by atoms with Crippen LogP contribution in [0.3, 0.4) is 0 Å². The molecule has 33 heavy (non-hydrogen) atoms. The number of hydrogen-bond donors (Lipinski definition) is 0. The van der Waals surface area contributed by atoms with Crippen molar-refractivity contribution in [2.45, 2.75) is 19.3 Å². The Bertz CT molecular complexity index is 1380. The summed E-state index contributed by atoms with van der Waals surface area (Å²) < 4.78 is 6.19. The van der Waals surface area contributed by atoms with E-state index < -0.39 is 0 Å². The number of benzene rings is 2. The number of hydrogen-bond acceptors (Lipinski definition) is 6. The zero-order valence-electron chi connectivity index (χ0n) is 17.6. The fourth-order valence-corrected chi connectivity index (χ4v) is 3.91. The van der Waals surface area contributed by atoms with Crippen molar-refractivity contribution < 1.29 is 9.21 Å². The molecule has 0 radical (unpaired) electrons. The van der Waals surface area contributed by atoms with Crippen LogP contribution in [0.4, 0.5) is 0 Å². The Balaban J connectivity index is 1.45. The van der Waals surface area contributed by atoms with Gasteiger partial charge in [0.15, 0.2) is 5.76 Å². The van der Waals surface area contributed by atoms with E-state index in [1.807, 2.05) is 60.7 Å². The van der Waals surface area contributed by atoms with Crippen molar-refractivity contribution in [3.8, 4) is 22.8 Å². The van der Waals surface area contributed by atoms with Gasteiger partial charge in [-0.15, -0.1) is 0 Å². The van der Waals surface area contributed by atoms with Crippen molar-refractivity contribution >= 4 is 29.3 Å². The lowest BCUT2D eigenvalue weighted by Gasteiger charge is -2.03. The molecule has 0 saturated heterocycles. The van der Waals surface area contributed by atoms with Gasteiger partial charge in [0.2, 0.25) is 5.89 Å². The van der Waals surface area contributed by atoms with Gasteiger partial charge in [0.1, 0.15) is 11.5 Å². The molecule has 4 aromatic rings. The number of ketones is 1. The smallest absolute Gasteiger partial charge is 0.227 e. The quantitative estimate of drug-likeness (QED) is 0.364. The number of carbonyl (C=O) groups excluding carboxylic acids is 1. The third kappa shape index (κ3) is 4.66. The van der Waals surface area contributed by atoms with Gasteiger partial charge in [0, 0.05) is 48.5 Å². The zero-order valence-corrected chi connectivity index (χ0v) is 18.4. The highest BCUT2D eigenvalue weighted by Crippen LogP contribution is 2.35. The van der Waals surface area contributed by atoms with Crippen molar-refractivity contribution in [1.29, 1.82) is 0 Å². The molecule has 5 rings (SSSR count). The monoisotopic (exact) mass is 454 g/mol. The van der Waals surface area contributed by atoms with E-state index in [-0.39, 0.29) is 12.2 Å². The number of rotatable bonds is 7. The Morgan fingerprint density at radius 3 is 2.61 bits per heavy atom. The van der Waals surface area contributed by atoms with Crippen LogP contribution in [0.5, 0.6) is 0 Å². The van der Waals surface area contributed by atoms with Gasteiger partial charge in [0.25, 0.3) is 0 Å². The van der Waals surface area contributed by atoms with E-state index in [0.717, 1.165) is 16.7 Å². The van der Waals surface area contributed by atoms with Crippen LogP contribution in [0.25, 0.3) is 22.8 Å². The lowest BCUT2D eigenvalue weighted by molar-refractivity contribution is -0.117. The molecule has 0 fully saturated rings. The molecule has 0 saturated carbocycles. The first-order valence-electron chi connectivity index (χ1n) is 10.5. The summed E-state index contributed by atoms with van der Waals surface area (Å²) in [5.74, 6) is 1.04. The molecule has 3 heterocycles. The molecule has 0 atom stereocenters. The Hall–Kier alpha value is -3.90. The third-order valence-corrected chi connectivity index (χ3v) is 5.58. The first-order chi connectivity index (χ1) is 16.2. The van der Waals surface area contributed by atoms with E-state index in [0.29, 0.717) is 46.6 Å². The second-order valence-electron chi connectivity index (χ2n) is 7.64. The molecular formula is C26H19ClN4O2. The minimum atomic E-state index is 0.0909. The summed E-state index contributed by atoms with van der Waals surface area (Å²) >= 11 is 6.44. The fourth-order valence-electron chi connectivity index (χ4n) is 3.69. The Morgan fingerprint density at radius 1 is 1.00 bits per heavy atom. The van der Waals surface area contributed by atoms with Crippen LogP contribution in [0.2, 0.25) is 5.02 Å². The molecule has 0 amide bonds. The molecule has 0 bridgehead atoms. The van der Waals surface area contributed by atoms with Crippen LogP contribution in [0, 0.1) is 0 Å². The molecule has 2 aromatic carbocycles. The van der Waals surface area contributed by atoms with Crippen molar-refractivity contribution in [1.82, 2.24) is 9.97 Å². The lowest BCUT2D eigenvalue weighted by Crippen LogP contribution is -2.07. The van der Waals surface area contributed by atoms with E-state index in [9.17, 15) is 4.79 Å². The van der Waals surface area contributed by atoms with Gasteiger partial charge in [-0.2, -0.15) is 10.2 Å². The highest BCUT2D eigenvalue weighted by molar-refractivity contribution is 6.33. The number of nitrogens with zero attached hydrogens (tertiary/aromatic N) is 4. The molecule has 1 aliphatic heterocycles. The van der Waals surface area contributed by atoms with E-state index in [4.69, 9.17) is 21.0 Å². The second-order valence-corrected chi connectivity index (χ2v) is 8.05. The average molecular weight is 455 g/mol. The van der Waals surface area contributed by atoms with E-state index >= 15 is 0 Å². The van der Waals surface area contributed by atoms with Crippen LogP contribution >= 0.6 is 11.6 Å². The predicted octanol–water partition coefficient (Wildman–Crippen LogP) is 5.59. The summed E-state index contributed by atoms with van der Waals surface area (Å²) in [6.45, 7) is 0. The summed E-state index contributed by atoms with van der Waals surface area (Å²) in [5.41, 5.74) is 4.43. The highest BCUT2D eigenvalue weighted by atomic mass is 35.5. The van der Waals surface area contributed by atoms with Gasteiger partial charge < -0.3 is 4.42 Å². The molecule has 2 aromatic heterocycles. The number of pyridine rings is 1. The minimum absolute atomic E-state index is 0.0909. The number of halogens is 1. The molecule has 1 aliphatic rings. The molecule has 162 valence electrons. The summed E-state index contributed by atoms with van der Waals surface area (Å²) in [6.07, 6.45) is 4.55. The normalized spacial score (nSPS) is 12.7. The molecule has 7 heteroatoms. The van der Waals surface area contributed by atoms with Crippen molar-refractivity contribution in [3.05, 3.63) is 94.9 Å². The topological polar surface area (TPSA) is 80.7 Å². The largest absolute Gasteiger partial charge is 0.435 e. The second kappa shape index (κ2) is 9.30. The maximum atomic E-state index is 12.6. The SMILES string of the molecule is O=C(Cc1ccccc1)Cc1cc(-c2nc(C3=NN=CC3)c(-c3ccccc3Cl)o2)ccn1. The molecular weight excluding hydrogens is 436 g/mol. The Labute approximate surface area is 195 Å². The predicted molar refractivity (Wildman–Crippen MR) is 129 cm³/mol. The first-order valence-corrected chi connectivity index (χ1v) is 10.9. The summed E-state index contributed by atoms with van der Waals surface area (Å²) in [4.78, 5) is 21.7. The molecule has 0 aliphatic carbocycles. The van der Waals surface area contributed by atoms with Crippen LogP contribution < -0.4 is 0 Å². The van der Waals surface area contributed by atoms with E-state index in [1.165, 1.54) is 0 Å². The molecule has 6 nitrogen and oxygen atoms in total. The van der Waals surface area contributed by atoms with E-state index in [1.54, 1.807) is 18.5 Å².